The predicted molar refractivity (Wildman–Crippen MR) is 55.6 cm³/mol. The van der Waals surface area contributed by atoms with Crippen LogP contribution in [0.3, 0.4) is 0 Å². The van der Waals surface area contributed by atoms with Crippen LogP contribution >= 0.6 is 0 Å². The summed E-state index contributed by atoms with van der Waals surface area (Å²) in [4.78, 5) is 2.26. The second-order valence-corrected chi connectivity index (χ2v) is 3.69. The summed E-state index contributed by atoms with van der Waals surface area (Å²) in [7, 11) is 0. The van der Waals surface area contributed by atoms with Crippen LogP contribution in [0.2, 0.25) is 0 Å². The molecular weight excluding hydrogens is 172 g/mol. The van der Waals surface area contributed by atoms with Gasteiger partial charge >= 0.3 is 0 Å². The van der Waals surface area contributed by atoms with Gasteiger partial charge in [0.1, 0.15) is 6.04 Å². The van der Waals surface area contributed by atoms with Crippen molar-refractivity contribution in [3.05, 3.63) is 35.9 Å². The Morgan fingerprint density at radius 3 is 2.36 bits per heavy atom. The fraction of sp³-hybridized carbons (Fsp3) is 0.417. The average molecular weight is 186 g/mol. The fourth-order valence-corrected chi connectivity index (χ4v) is 2.00. The Morgan fingerprint density at radius 1 is 1.14 bits per heavy atom. The number of likely N-dealkylation sites (tertiary alicyclic amines) is 1. The van der Waals surface area contributed by atoms with Gasteiger partial charge in [-0.1, -0.05) is 30.3 Å². The van der Waals surface area contributed by atoms with Crippen molar-refractivity contribution in [2.75, 3.05) is 13.1 Å². The van der Waals surface area contributed by atoms with E-state index >= 15 is 0 Å². The van der Waals surface area contributed by atoms with E-state index in [1.807, 2.05) is 30.3 Å². The summed E-state index contributed by atoms with van der Waals surface area (Å²) in [5.41, 5.74) is 1.12. The van der Waals surface area contributed by atoms with E-state index in [0.717, 1.165) is 18.7 Å². The SMILES string of the molecule is N#CC(c1ccccc1)N1CCCC1. The molecular formula is C12H14N2. The third-order valence-electron chi connectivity index (χ3n) is 2.74. The van der Waals surface area contributed by atoms with Crippen LogP contribution in [0.4, 0.5) is 0 Å². The maximum Gasteiger partial charge on any atom is 0.123 e. The molecule has 14 heavy (non-hydrogen) atoms. The number of rotatable bonds is 2. The highest BCUT2D eigenvalue weighted by molar-refractivity contribution is 5.24. The van der Waals surface area contributed by atoms with Gasteiger partial charge in [0.2, 0.25) is 0 Å². The number of nitrogens with zero attached hydrogens (tertiary/aromatic N) is 2. The second kappa shape index (κ2) is 4.26. The summed E-state index contributed by atoms with van der Waals surface area (Å²) in [6.45, 7) is 2.13. The van der Waals surface area contributed by atoms with Crippen LogP contribution < -0.4 is 0 Å². The van der Waals surface area contributed by atoms with Crippen molar-refractivity contribution in [3.8, 4) is 6.07 Å². The molecule has 0 aliphatic carbocycles. The molecule has 1 saturated heterocycles. The summed E-state index contributed by atoms with van der Waals surface area (Å²) in [6, 6.07) is 12.4. The van der Waals surface area contributed by atoms with Gasteiger partial charge in [-0.25, -0.2) is 0 Å². The van der Waals surface area contributed by atoms with E-state index in [2.05, 4.69) is 11.0 Å². The summed E-state index contributed by atoms with van der Waals surface area (Å²) in [5, 5.41) is 9.15. The Kier molecular flexibility index (Phi) is 2.81. The van der Waals surface area contributed by atoms with E-state index in [1.54, 1.807) is 0 Å². The van der Waals surface area contributed by atoms with Gasteiger partial charge in [0.15, 0.2) is 0 Å². The summed E-state index contributed by atoms with van der Waals surface area (Å²) < 4.78 is 0. The molecule has 0 N–H and O–H groups in total. The Hall–Kier alpha value is -1.33. The first-order valence-electron chi connectivity index (χ1n) is 5.10. The number of hydrogen-bond acceptors (Lipinski definition) is 2. The standard InChI is InChI=1S/C12H14N2/c13-10-12(14-8-4-5-9-14)11-6-2-1-3-7-11/h1-3,6-7,12H,4-5,8-9H2. The fourth-order valence-electron chi connectivity index (χ4n) is 2.00. The highest BCUT2D eigenvalue weighted by Crippen LogP contribution is 2.23. The molecule has 2 nitrogen and oxygen atoms in total. The molecule has 0 bridgehead atoms. The Morgan fingerprint density at radius 2 is 1.79 bits per heavy atom. The van der Waals surface area contributed by atoms with Gasteiger partial charge in [-0.3, -0.25) is 4.90 Å². The zero-order valence-electron chi connectivity index (χ0n) is 8.19. The predicted octanol–water partition coefficient (Wildman–Crippen LogP) is 2.35. The molecule has 1 aromatic rings. The molecule has 1 aromatic carbocycles. The van der Waals surface area contributed by atoms with Crippen LogP contribution in [0.1, 0.15) is 24.4 Å². The highest BCUT2D eigenvalue weighted by atomic mass is 15.2. The Balaban J connectivity index is 2.18. The van der Waals surface area contributed by atoms with Crippen molar-refractivity contribution in [2.24, 2.45) is 0 Å². The lowest BCUT2D eigenvalue weighted by atomic mass is 10.1. The molecule has 0 amide bonds. The third kappa shape index (κ3) is 1.78. The van der Waals surface area contributed by atoms with Crippen LogP contribution in [-0.2, 0) is 0 Å². The van der Waals surface area contributed by atoms with Gasteiger partial charge in [0.25, 0.3) is 0 Å². The second-order valence-electron chi connectivity index (χ2n) is 3.69. The van der Waals surface area contributed by atoms with Gasteiger partial charge in [-0.15, -0.1) is 0 Å². The van der Waals surface area contributed by atoms with E-state index in [4.69, 9.17) is 5.26 Å². The summed E-state index contributed by atoms with van der Waals surface area (Å²) in [6.07, 6.45) is 2.45. The van der Waals surface area contributed by atoms with Crippen molar-refractivity contribution >= 4 is 0 Å². The molecule has 2 rings (SSSR count). The Bertz CT molecular complexity index is 320. The molecule has 1 unspecified atom stereocenters. The van der Waals surface area contributed by atoms with Crippen LogP contribution in [-0.4, -0.2) is 18.0 Å². The molecule has 72 valence electrons. The topological polar surface area (TPSA) is 27.0 Å². The smallest absolute Gasteiger partial charge is 0.123 e. The zero-order valence-corrected chi connectivity index (χ0v) is 8.19. The molecule has 1 aliphatic rings. The maximum atomic E-state index is 9.15. The van der Waals surface area contributed by atoms with Crippen LogP contribution in [0.15, 0.2) is 30.3 Å². The van der Waals surface area contributed by atoms with Crippen LogP contribution in [0.5, 0.6) is 0 Å². The first-order chi connectivity index (χ1) is 6.92. The normalized spacial score (nSPS) is 19.1. The zero-order chi connectivity index (χ0) is 9.80. The first-order valence-corrected chi connectivity index (χ1v) is 5.10. The van der Waals surface area contributed by atoms with E-state index in [-0.39, 0.29) is 6.04 Å². The lowest BCUT2D eigenvalue weighted by Crippen LogP contribution is -2.24. The monoisotopic (exact) mass is 186 g/mol. The molecule has 2 heteroatoms. The lowest BCUT2D eigenvalue weighted by Gasteiger charge is -2.21. The van der Waals surface area contributed by atoms with Crippen molar-refractivity contribution in [3.63, 3.8) is 0 Å². The summed E-state index contributed by atoms with van der Waals surface area (Å²) >= 11 is 0. The minimum Gasteiger partial charge on any atom is -0.284 e. The van der Waals surface area contributed by atoms with E-state index in [0.29, 0.717) is 0 Å². The lowest BCUT2D eigenvalue weighted by molar-refractivity contribution is 0.294. The quantitative estimate of drug-likeness (QED) is 0.709. The van der Waals surface area contributed by atoms with Crippen molar-refractivity contribution in [1.82, 2.24) is 4.90 Å². The van der Waals surface area contributed by atoms with Gasteiger partial charge in [0.05, 0.1) is 6.07 Å². The van der Waals surface area contributed by atoms with Crippen molar-refractivity contribution < 1.29 is 0 Å². The molecule has 0 saturated carbocycles. The third-order valence-corrected chi connectivity index (χ3v) is 2.74. The number of hydrogen-bond donors (Lipinski definition) is 0. The summed E-state index contributed by atoms with van der Waals surface area (Å²) in [5.74, 6) is 0. The van der Waals surface area contributed by atoms with E-state index in [9.17, 15) is 0 Å². The molecule has 1 aliphatic heterocycles. The molecule has 1 fully saturated rings. The molecule has 1 heterocycles. The first kappa shape index (κ1) is 9.23. The van der Waals surface area contributed by atoms with Gasteiger partial charge in [-0.05, 0) is 31.5 Å². The van der Waals surface area contributed by atoms with E-state index < -0.39 is 0 Å². The van der Waals surface area contributed by atoms with E-state index in [1.165, 1.54) is 12.8 Å². The van der Waals surface area contributed by atoms with Crippen molar-refractivity contribution in [1.29, 1.82) is 5.26 Å². The minimum absolute atomic E-state index is 0.0429. The maximum absolute atomic E-state index is 9.15. The molecule has 0 radical (unpaired) electrons. The minimum atomic E-state index is -0.0429. The van der Waals surface area contributed by atoms with Crippen molar-refractivity contribution in [2.45, 2.75) is 18.9 Å². The number of benzene rings is 1. The average Bonchev–Trinajstić information content (AvgIpc) is 2.74. The van der Waals surface area contributed by atoms with Crippen LogP contribution in [0, 0.1) is 11.3 Å². The van der Waals surface area contributed by atoms with Gasteiger partial charge in [-0.2, -0.15) is 5.26 Å². The van der Waals surface area contributed by atoms with Gasteiger partial charge < -0.3 is 0 Å². The molecule has 0 spiro atoms. The van der Waals surface area contributed by atoms with Gasteiger partial charge in [0, 0.05) is 0 Å². The molecule has 1 atom stereocenters. The Labute approximate surface area is 84.8 Å². The highest BCUT2D eigenvalue weighted by Gasteiger charge is 2.22. The number of nitriles is 1. The molecule has 0 aromatic heterocycles. The largest absolute Gasteiger partial charge is 0.284 e. The van der Waals surface area contributed by atoms with Crippen LogP contribution in [0.25, 0.3) is 0 Å².